The van der Waals surface area contributed by atoms with E-state index in [2.05, 4.69) is 10.6 Å². The van der Waals surface area contributed by atoms with E-state index in [9.17, 15) is 9.59 Å². The molecule has 0 heterocycles. The lowest BCUT2D eigenvalue weighted by molar-refractivity contribution is -0.117. The molecule has 0 aromatic heterocycles. The minimum absolute atomic E-state index is 0.0350. The molecule has 0 bridgehead atoms. The molecule has 82 valence electrons. The molecule has 0 aliphatic rings. The molecular formula is C9H19N3O2. The maximum Gasteiger partial charge on any atom is 0.315 e. The van der Waals surface area contributed by atoms with Gasteiger partial charge in [-0.15, -0.1) is 0 Å². The van der Waals surface area contributed by atoms with E-state index >= 15 is 0 Å². The standard InChI is InChI=1S/C9H19N3O2/c1-4-8(13)7-11-9(14)10-5-6-12(2)3/h4-7H2,1-3H3,(H2,10,11,14). The molecule has 2 N–H and O–H groups in total. The van der Waals surface area contributed by atoms with Crippen LogP contribution >= 0.6 is 0 Å². The number of nitrogens with zero attached hydrogens (tertiary/aromatic N) is 1. The molecule has 0 saturated heterocycles. The highest BCUT2D eigenvalue weighted by Crippen LogP contribution is 1.77. The molecule has 0 radical (unpaired) electrons. The van der Waals surface area contributed by atoms with E-state index < -0.39 is 0 Å². The Morgan fingerprint density at radius 3 is 2.36 bits per heavy atom. The number of urea groups is 1. The number of ketones is 1. The first-order valence-corrected chi connectivity index (χ1v) is 4.74. The predicted octanol–water partition coefficient (Wildman–Crippen LogP) is -0.174. The van der Waals surface area contributed by atoms with Gasteiger partial charge in [-0.3, -0.25) is 4.79 Å². The van der Waals surface area contributed by atoms with E-state index in [-0.39, 0.29) is 18.4 Å². The maximum absolute atomic E-state index is 11.1. The van der Waals surface area contributed by atoms with Gasteiger partial charge in [0.1, 0.15) is 0 Å². The summed E-state index contributed by atoms with van der Waals surface area (Å²) in [4.78, 5) is 23.9. The summed E-state index contributed by atoms with van der Waals surface area (Å²) in [7, 11) is 3.86. The number of carbonyl (C=O) groups excluding carboxylic acids is 2. The van der Waals surface area contributed by atoms with E-state index in [0.717, 1.165) is 6.54 Å². The average Bonchev–Trinajstić information content (AvgIpc) is 2.13. The Bertz CT molecular complexity index is 192. The van der Waals surface area contributed by atoms with E-state index in [0.29, 0.717) is 13.0 Å². The van der Waals surface area contributed by atoms with Crippen LogP contribution in [-0.2, 0) is 4.79 Å². The van der Waals surface area contributed by atoms with Crippen LogP contribution in [0, 0.1) is 0 Å². The Morgan fingerprint density at radius 1 is 1.21 bits per heavy atom. The van der Waals surface area contributed by atoms with E-state index in [4.69, 9.17) is 0 Å². The zero-order valence-corrected chi connectivity index (χ0v) is 9.09. The van der Waals surface area contributed by atoms with Crippen molar-refractivity contribution in [3.05, 3.63) is 0 Å². The van der Waals surface area contributed by atoms with Crippen LogP contribution in [0.4, 0.5) is 4.79 Å². The summed E-state index contributed by atoms with van der Waals surface area (Å²) in [5.74, 6) is 0.0350. The second-order valence-corrected chi connectivity index (χ2v) is 3.30. The van der Waals surface area contributed by atoms with Crippen molar-refractivity contribution in [1.29, 1.82) is 0 Å². The summed E-state index contributed by atoms with van der Waals surface area (Å²) < 4.78 is 0. The number of carbonyl (C=O) groups is 2. The lowest BCUT2D eigenvalue weighted by atomic mass is 10.3. The molecule has 0 aliphatic carbocycles. The first kappa shape index (κ1) is 12.9. The molecule has 0 rings (SSSR count). The molecule has 0 aromatic rings. The Hall–Kier alpha value is -1.10. The van der Waals surface area contributed by atoms with Gasteiger partial charge >= 0.3 is 6.03 Å². The van der Waals surface area contributed by atoms with E-state index in [1.807, 2.05) is 19.0 Å². The van der Waals surface area contributed by atoms with Gasteiger partial charge in [-0.1, -0.05) is 6.92 Å². The zero-order chi connectivity index (χ0) is 11.0. The lowest BCUT2D eigenvalue weighted by Gasteiger charge is -2.10. The molecular weight excluding hydrogens is 182 g/mol. The number of amides is 2. The molecule has 14 heavy (non-hydrogen) atoms. The summed E-state index contributed by atoms with van der Waals surface area (Å²) in [5.41, 5.74) is 0. The minimum Gasteiger partial charge on any atom is -0.337 e. The van der Waals surface area contributed by atoms with E-state index in [1.165, 1.54) is 0 Å². The molecule has 0 aliphatic heterocycles. The maximum atomic E-state index is 11.1. The fourth-order valence-corrected chi connectivity index (χ4v) is 0.759. The highest BCUT2D eigenvalue weighted by molar-refractivity contribution is 5.85. The van der Waals surface area contributed by atoms with Crippen molar-refractivity contribution in [3.8, 4) is 0 Å². The quantitative estimate of drug-likeness (QED) is 0.627. The van der Waals surface area contributed by atoms with Crippen molar-refractivity contribution in [1.82, 2.24) is 15.5 Å². The Morgan fingerprint density at radius 2 is 1.86 bits per heavy atom. The van der Waals surface area contributed by atoms with Crippen molar-refractivity contribution >= 4 is 11.8 Å². The molecule has 0 atom stereocenters. The van der Waals surface area contributed by atoms with Gasteiger partial charge < -0.3 is 15.5 Å². The van der Waals surface area contributed by atoms with Crippen LogP contribution in [0.2, 0.25) is 0 Å². The number of nitrogens with one attached hydrogen (secondary N) is 2. The molecule has 5 heteroatoms. The van der Waals surface area contributed by atoms with Crippen LogP contribution in [0.15, 0.2) is 0 Å². The highest BCUT2D eigenvalue weighted by atomic mass is 16.2. The SMILES string of the molecule is CCC(=O)CNC(=O)NCCN(C)C. The summed E-state index contributed by atoms with van der Waals surface area (Å²) in [6, 6.07) is -0.284. The topological polar surface area (TPSA) is 61.4 Å². The number of likely N-dealkylation sites (N-methyl/N-ethyl adjacent to an activating group) is 1. The molecule has 0 aromatic carbocycles. The summed E-state index contributed by atoms with van der Waals surface area (Å²) in [5, 5.41) is 5.14. The number of hydrogen-bond acceptors (Lipinski definition) is 3. The first-order chi connectivity index (χ1) is 6.56. The molecule has 0 fully saturated rings. The number of Topliss-reactive ketones (excluding diaryl/α,β-unsaturated/α-hetero) is 1. The Kier molecular flexibility index (Phi) is 6.74. The van der Waals surface area contributed by atoms with Crippen molar-refractivity contribution in [2.24, 2.45) is 0 Å². The summed E-state index contributed by atoms with van der Waals surface area (Å²) in [6.45, 7) is 3.26. The van der Waals surface area contributed by atoms with Gasteiger partial charge in [-0.25, -0.2) is 4.79 Å². The molecule has 5 nitrogen and oxygen atoms in total. The molecule has 2 amide bonds. The number of rotatable bonds is 6. The van der Waals surface area contributed by atoms with Gasteiger partial charge in [0.2, 0.25) is 0 Å². The van der Waals surface area contributed by atoms with Crippen LogP contribution in [0.25, 0.3) is 0 Å². The van der Waals surface area contributed by atoms with Gasteiger partial charge in [0.25, 0.3) is 0 Å². The van der Waals surface area contributed by atoms with Gasteiger partial charge in [-0.2, -0.15) is 0 Å². The Labute approximate surface area is 84.8 Å². The second kappa shape index (κ2) is 7.32. The van der Waals surface area contributed by atoms with Crippen LogP contribution in [-0.4, -0.2) is 50.4 Å². The van der Waals surface area contributed by atoms with Gasteiger partial charge in [0.15, 0.2) is 5.78 Å². The molecule has 0 spiro atoms. The largest absolute Gasteiger partial charge is 0.337 e. The smallest absolute Gasteiger partial charge is 0.315 e. The monoisotopic (exact) mass is 201 g/mol. The summed E-state index contributed by atoms with van der Waals surface area (Å²) >= 11 is 0. The van der Waals surface area contributed by atoms with Crippen molar-refractivity contribution in [2.75, 3.05) is 33.7 Å². The lowest BCUT2D eigenvalue weighted by Crippen LogP contribution is -2.40. The van der Waals surface area contributed by atoms with Crippen molar-refractivity contribution in [3.63, 3.8) is 0 Å². The predicted molar refractivity (Wildman–Crippen MR) is 55.3 cm³/mol. The Balaban J connectivity index is 3.42. The van der Waals surface area contributed by atoms with Crippen molar-refractivity contribution < 1.29 is 9.59 Å². The van der Waals surface area contributed by atoms with Crippen LogP contribution < -0.4 is 10.6 Å². The fraction of sp³-hybridized carbons (Fsp3) is 0.778. The first-order valence-electron chi connectivity index (χ1n) is 4.74. The van der Waals surface area contributed by atoms with Gasteiger partial charge in [0, 0.05) is 19.5 Å². The third-order valence-electron chi connectivity index (χ3n) is 1.69. The van der Waals surface area contributed by atoms with Gasteiger partial charge in [-0.05, 0) is 14.1 Å². The summed E-state index contributed by atoms with van der Waals surface area (Å²) in [6.07, 6.45) is 0.456. The highest BCUT2D eigenvalue weighted by Gasteiger charge is 2.02. The van der Waals surface area contributed by atoms with Crippen LogP contribution in [0.5, 0.6) is 0 Å². The zero-order valence-electron chi connectivity index (χ0n) is 9.09. The average molecular weight is 201 g/mol. The molecule has 0 unspecified atom stereocenters. The van der Waals surface area contributed by atoms with Crippen LogP contribution in [0.3, 0.4) is 0 Å². The third-order valence-corrected chi connectivity index (χ3v) is 1.69. The fourth-order valence-electron chi connectivity index (χ4n) is 0.759. The van der Waals surface area contributed by atoms with Crippen molar-refractivity contribution in [2.45, 2.75) is 13.3 Å². The molecule has 0 saturated carbocycles. The van der Waals surface area contributed by atoms with Crippen LogP contribution in [0.1, 0.15) is 13.3 Å². The normalized spacial score (nSPS) is 10.0. The number of hydrogen-bond donors (Lipinski definition) is 2. The minimum atomic E-state index is -0.284. The third kappa shape index (κ3) is 7.54. The van der Waals surface area contributed by atoms with Gasteiger partial charge in [0.05, 0.1) is 6.54 Å². The van der Waals surface area contributed by atoms with E-state index in [1.54, 1.807) is 6.92 Å². The second-order valence-electron chi connectivity index (χ2n) is 3.30.